The van der Waals surface area contributed by atoms with Crippen LogP contribution in [0.25, 0.3) is 0 Å². The lowest BCUT2D eigenvalue weighted by Gasteiger charge is -2.32. The monoisotopic (exact) mass is 522 g/mol. The summed E-state index contributed by atoms with van der Waals surface area (Å²) in [7, 11) is 1.67. The predicted octanol–water partition coefficient (Wildman–Crippen LogP) is 8.69. The topological polar surface area (TPSA) is 65.0 Å². The number of phenols is 1. The number of fused-ring (bicyclic) bond motifs is 3. The Morgan fingerprint density at radius 3 is 2.32 bits per heavy atom. The molecule has 2 aromatic carbocycles. The van der Waals surface area contributed by atoms with Crippen molar-refractivity contribution in [2.24, 2.45) is 0 Å². The summed E-state index contributed by atoms with van der Waals surface area (Å²) in [6.07, 6.45) is 15.7. The summed E-state index contributed by atoms with van der Waals surface area (Å²) in [5.74, 6) is -1.12. The maximum absolute atomic E-state index is 12.9. The van der Waals surface area contributed by atoms with Crippen LogP contribution in [-0.2, 0) is 27.5 Å². The molecule has 2 aromatic rings. The molecule has 5 nitrogen and oxygen atoms in total. The second kappa shape index (κ2) is 13.1. The first kappa shape index (κ1) is 28.6. The molecular formula is C33H46O5. The highest BCUT2D eigenvalue weighted by molar-refractivity contribution is 5.96. The number of Topliss-reactive ketones (excluding diaryl/α,β-unsaturated/α-hetero) is 1. The van der Waals surface area contributed by atoms with E-state index in [1.165, 1.54) is 51.4 Å². The summed E-state index contributed by atoms with van der Waals surface area (Å²) in [6, 6.07) is 11.2. The van der Waals surface area contributed by atoms with Crippen LogP contribution in [0, 0.1) is 0 Å². The number of rotatable bonds is 16. The molecule has 2 atom stereocenters. The van der Waals surface area contributed by atoms with Gasteiger partial charge in [-0.05, 0) is 37.1 Å². The van der Waals surface area contributed by atoms with Crippen molar-refractivity contribution in [3.63, 3.8) is 0 Å². The van der Waals surface area contributed by atoms with E-state index in [0.29, 0.717) is 30.6 Å². The van der Waals surface area contributed by atoms with Gasteiger partial charge in [0.1, 0.15) is 11.5 Å². The van der Waals surface area contributed by atoms with Gasteiger partial charge in [-0.1, -0.05) is 90.2 Å². The number of aromatic hydroxyl groups is 1. The lowest BCUT2D eigenvalue weighted by molar-refractivity contribution is -0.323. The van der Waals surface area contributed by atoms with E-state index in [2.05, 4.69) is 13.8 Å². The second-order valence-corrected chi connectivity index (χ2v) is 11.1. The summed E-state index contributed by atoms with van der Waals surface area (Å²) in [5, 5.41) is 11.0. The maximum atomic E-state index is 12.9. The molecule has 0 aliphatic carbocycles. The summed E-state index contributed by atoms with van der Waals surface area (Å²) < 4.78 is 19.3. The van der Waals surface area contributed by atoms with Gasteiger partial charge in [0.15, 0.2) is 11.6 Å². The Morgan fingerprint density at radius 2 is 1.61 bits per heavy atom. The normalized spacial score (nSPS) is 21.4. The van der Waals surface area contributed by atoms with Crippen molar-refractivity contribution < 1.29 is 24.1 Å². The largest absolute Gasteiger partial charge is 0.507 e. The van der Waals surface area contributed by atoms with Crippen LogP contribution in [0.4, 0.5) is 0 Å². The van der Waals surface area contributed by atoms with Gasteiger partial charge in [-0.3, -0.25) is 9.53 Å². The van der Waals surface area contributed by atoms with E-state index in [-0.39, 0.29) is 11.5 Å². The van der Waals surface area contributed by atoms with Gasteiger partial charge in [0, 0.05) is 43.1 Å². The fourth-order valence-electron chi connectivity index (χ4n) is 6.07. The Morgan fingerprint density at radius 1 is 0.921 bits per heavy atom. The molecule has 0 amide bonds. The molecule has 5 heteroatoms. The number of hydrogen-bond acceptors (Lipinski definition) is 5. The van der Waals surface area contributed by atoms with Crippen LogP contribution in [0.1, 0.15) is 131 Å². The van der Waals surface area contributed by atoms with Gasteiger partial charge in [-0.25, -0.2) is 0 Å². The molecule has 4 rings (SSSR count). The van der Waals surface area contributed by atoms with Crippen LogP contribution in [0.3, 0.4) is 0 Å². The summed E-state index contributed by atoms with van der Waals surface area (Å²) >= 11 is 0. The SMILES string of the molecule is CCCCCCCCC(=O)c1ccc2c(c1)C[C@@]1(O2)O[C@@](CCCCCCCC)(OC)c2cccc(O)c21. The highest BCUT2D eigenvalue weighted by Crippen LogP contribution is 2.57. The number of ketones is 1. The van der Waals surface area contributed by atoms with Crippen molar-refractivity contribution in [2.45, 2.75) is 122 Å². The molecule has 208 valence electrons. The molecule has 1 spiro atoms. The number of hydrogen-bond donors (Lipinski definition) is 1. The van der Waals surface area contributed by atoms with E-state index in [9.17, 15) is 9.90 Å². The number of carbonyl (C=O) groups excluding carboxylic acids is 1. The van der Waals surface area contributed by atoms with E-state index in [1.807, 2.05) is 30.3 Å². The Kier molecular flexibility index (Phi) is 9.89. The van der Waals surface area contributed by atoms with E-state index in [1.54, 1.807) is 13.2 Å². The zero-order chi connectivity index (χ0) is 27.0. The molecule has 0 fully saturated rings. The summed E-state index contributed by atoms with van der Waals surface area (Å²) in [5.41, 5.74) is 3.13. The molecule has 2 aliphatic heterocycles. The van der Waals surface area contributed by atoms with Crippen LogP contribution in [0.15, 0.2) is 36.4 Å². The van der Waals surface area contributed by atoms with Crippen molar-refractivity contribution in [3.05, 3.63) is 58.7 Å². The van der Waals surface area contributed by atoms with Crippen molar-refractivity contribution in [1.29, 1.82) is 0 Å². The van der Waals surface area contributed by atoms with Crippen LogP contribution >= 0.6 is 0 Å². The van der Waals surface area contributed by atoms with Crippen molar-refractivity contribution >= 4 is 5.78 Å². The first-order valence-electron chi connectivity index (χ1n) is 14.9. The summed E-state index contributed by atoms with van der Waals surface area (Å²) in [4.78, 5) is 12.9. The van der Waals surface area contributed by atoms with Crippen LogP contribution in [-0.4, -0.2) is 18.0 Å². The lowest BCUT2D eigenvalue weighted by Crippen LogP contribution is -2.37. The number of unbranched alkanes of at least 4 members (excludes halogenated alkanes) is 10. The van der Waals surface area contributed by atoms with Crippen molar-refractivity contribution in [2.75, 3.05) is 7.11 Å². The number of ether oxygens (including phenoxy) is 3. The van der Waals surface area contributed by atoms with Crippen LogP contribution in [0.5, 0.6) is 11.5 Å². The number of phenolic OH excluding ortho intramolecular Hbond substituents is 1. The highest BCUT2D eigenvalue weighted by Gasteiger charge is 2.59. The van der Waals surface area contributed by atoms with Gasteiger partial charge in [0.2, 0.25) is 5.79 Å². The Balaban J connectivity index is 1.48. The van der Waals surface area contributed by atoms with Crippen molar-refractivity contribution in [3.8, 4) is 11.5 Å². The second-order valence-electron chi connectivity index (χ2n) is 11.1. The Bertz CT molecular complexity index is 1080. The van der Waals surface area contributed by atoms with Crippen LogP contribution < -0.4 is 4.74 Å². The summed E-state index contributed by atoms with van der Waals surface area (Å²) in [6.45, 7) is 4.44. The molecule has 0 saturated heterocycles. The highest BCUT2D eigenvalue weighted by atomic mass is 16.8. The fraction of sp³-hybridized carbons (Fsp3) is 0.606. The molecule has 0 radical (unpaired) electrons. The zero-order valence-corrected chi connectivity index (χ0v) is 23.7. The standard InChI is InChI=1S/C33H46O5/c1-4-6-8-10-12-14-18-28(34)25-20-21-30-26(23-25)24-33(37-30)31-27(17-16-19-29(31)35)32(36-3,38-33)22-15-13-11-9-7-5-2/h16-17,19-21,23,35H,4-15,18,22,24H2,1-3H3/t32-,33-/m1/s1. The molecule has 0 saturated carbocycles. The third kappa shape index (κ3) is 6.10. The zero-order valence-electron chi connectivity index (χ0n) is 23.7. The van der Waals surface area contributed by atoms with E-state index in [0.717, 1.165) is 42.4 Å². The minimum Gasteiger partial charge on any atom is -0.507 e. The smallest absolute Gasteiger partial charge is 0.248 e. The third-order valence-corrected chi connectivity index (χ3v) is 8.19. The third-order valence-electron chi connectivity index (χ3n) is 8.19. The van der Waals surface area contributed by atoms with Gasteiger partial charge in [-0.2, -0.15) is 0 Å². The minimum absolute atomic E-state index is 0.150. The Labute approximate surface area is 228 Å². The van der Waals surface area contributed by atoms with Crippen LogP contribution in [0.2, 0.25) is 0 Å². The van der Waals surface area contributed by atoms with E-state index in [4.69, 9.17) is 14.2 Å². The maximum Gasteiger partial charge on any atom is 0.248 e. The van der Waals surface area contributed by atoms with Gasteiger partial charge in [0.25, 0.3) is 0 Å². The first-order valence-corrected chi connectivity index (χ1v) is 14.9. The molecule has 2 heterocycles. The van der Waals surface area contributed by atoms with Gasteiger partial charge >= 0.3 is 0 Å². The number of benzene rings is 2. The quantitative estimate of drug-likeness (QED) is 0.176. The lowest BCUT2D eigenvalue weighted by atomic mass is 9.91. The molecule has 0 bridgehead atoms. The van der Waals surface area contributed by atoms with E-state index >= 15 is 0 Å². The molecule has 38 heavy (non-hydrogen) atoms. The Hall–Kier alpha value is -2.37. The average molecular weight is 523 g/mol. The number of carbonyl (C=O) groups is 1. The molecule has 0 aromatic heterocycles. The van der Waals surface area contributed by atoms with Gasteiger partial charge in [-0.15, -0.1) is 0 Å². The average Bonchev–Trinajstić information content (AvgIpc) is 3.42. The fourth-order valence-corrected chi connectivity index (χ4v) is 6.07. The molecule has 0 unspecified atom stereocenters. The van der Waals surface area contributed by atoms with Crippen molar-refractivity contribution in [1.82, 2.24) is 0 Å². The number of methoxy groups -OCH3 is 1. The van der Waals surface area contributed by atoms with Gasteiger partial charge < -0.3 is 14.6 Å². The minimum atomic E-state index is -1.16. The predicted molar refractivity (Wildman–Crippen MR) is 151 cm³/mol. The molecule has 1 N–H and O–H groups in total. The molecular weight excluding hydrogens is 476 g/mol. The van der Waals surface area contributed by atoms with E-state index < -0.39 is 11.6 Å². The van der Waals surface area contributed by atoms with Gasteiger partial charge in [0.05, 0.1) is 5.56 Å². The molecule has 2 aliphatic rings. The first-order chi connectivity index (χ1) is 18.5.